The minimum Gasteiger partial charge on any atom is -0.328 e. The maximum absolute atomic E-state index is 11.8. The molecule has 0 aliphatic carbocycles. The van der Waals surface area contributed by atoms with E-state index < -0.39 is 0 Å². The summed E-state index contributed by atoms with van der Waals surface area (Å²) in [5.74, 6) is 0.110. The zero-order chi connectivity index (χ0) is 13.0. The largest absolute Gasteiger partial charge is 0.328 e. The molecule has 0 aliphatic heterocycles. The van der Waals surface area contributed by atoms with E-state index in [2.05, 4.69) is 5.10 Å². The lowest BCUT2D eigenvalue weighted by molar-refractivity contribution is -0.118. The summed E-state index contributed by atoms with van der Waals surface area (Å²) < 4.78 is 1.81. The van der Waals surface area contributed by atoms with Crippen molar-refractivity contribution in [3.63, 3.8) is 0 Å². The van der Waals surface area contributed by atoms with E-state index in [0.29, 0.717) is 17.9 Å². The maximum atomic E-state index is 11.8. The quantitative estimate of drug-likeness (QED) is 0.848. The van der Waals surface area contributed by atoms with Gasteiger partial charge in [-0.05, 0) is 20.3 Å². The third-order valence-electron chi connectivity index (χ3n) is 2.61. The molecular weight excluding hydrogens is 238 g/mol. The van der Waals surface area contributed by atoms with E-state index in [4.69, 9.17) is 17.3 Å². The van der Waals surface area contributed by atoms with Crippen LogP contribution in [0.3, 0.4) is 0 Å². The number of rotatable bonds is 6. The van der Waals surface area contributed by atoms with Crippen molar-refractivity contribution >= 4 is 17.4 Å². The van der Waals surface area contributed by atoms with Gasteiger partial charge in [-0.3, -0.25) is 9.48 Å². The molecule has 0 radical (unpaired) electrons. The standard InChI is InChI=1S/C12H20ClN3O/c1-4-10-12(13)11(16(5-2)15-10)7-9(17)6-8(3)14/h8H,4-7,14H2,1-3H3. The molecule has 0 bridgehead atoms. The van der Waals surface area contributed by atoms with Gasteiger partial charge in [0.25, 0.3) is 0 Å². The SMILES string of the molecule is CCc1nn(CC)c(CC(=O)CC(C)N)c1Cl. The molecule has 2 N–H and O–H groups in total. The lowest BCUT2D eigenvalue weighted by atomic mass is 10.1. The fourth-order valence-corrected chi connectivity index (χ4v) is 2.14. The first-order valence-electron chi connectivity index (χ1n) is 6.00. The molecule has 0 aromatic carbocycles. The van der Waals surface area contributed by atoms with E-state index in [9.17, 15) is 4.79 Å². The number of nitrogens with two attached hydrogens (primary N) is 1. The third kappa shape index (κ3) is 3.54. The summed E-state index contributed by atoms with van der Waals surface area (Å²) in [6, 6.07) is -0.107. The van der Waals surface area contributed by atoms with Crippen LogP contribution in [0.2, 0.25) is 5.02 Å². The highest BCUT2D eigenvalue weighted by Crippen LogP contribution is 2.22. The van der Waals surface area contributed by atoms with Crippen molar-refractivity contribution in [2.24, 2.45) is 5.73 Å². The van der Waals surface area contributed by atoms with Crippen molar-refractivity contribution in [2.75, 3.05) is 0 Å². The average Bonchev–Trinajstić information content (AvgIpc) is 2.55. The molecule has 0 saturated heterocycles. The molecule has 0 aliphatic rings. The number of Topliss-reactive ketones (excluding diaryl/α,β-unsaturated/α-hetero) is 1. The highest BCUT2D eigenvalue weighted by Gasteiger charge is 2.17. The molecule has 0 fully saturated rings. The topological polar surface area (TPSA) is 60.9 Å². The predicted octanol–water partition coefficient (Wildman–Crippen LogP) is 1.97. The fourth-order valence-electron chi connectivity index (χ4n) is 1.80. The average molecular weight is 258 g/mol. The lowest BCUT2D eigenvalue weighted by Gasteiger charge is -2.06. The summed E-state index contributed by atoms with van der Waals surface area (Å²) in [4.78, 5) is 11.8. The van der Waals surface area contributed by atoms with Crippen molar-refractivity contribution in [3.8, 4) is 0 Å². The summed E-state index contributed by atoms with van der Waals surface area (Å²) in [6.45, 7) is 6.54. The van der Waals surface area contributed by atoms with Crippen LogP contribution in [0.4, 0.5) is 0 Å². The van der Waals surface area contributed by atoms with Crippen molar-refractivity contribution in [3.05, 3.63) is 16.4 Å². The van der Waals surface area contributed by atoms with Gasteiger partial charge in [-0.1, -0.05) is 18.5 Å². The molecule has 1 rings (SSSR count). The fraction of sp³-hybridized carbons (Fsp3) is 0.667. The molecule has 1 aromatic rings. The molecule has 1 atom stereocenters. The van der Waals surface area contributed by atoms with Gasteiger partial charge in [-0.2, -0.15) is 5.10 Å². The minimum absolute atomic E-state index is 0.107. The third-order valence-corrected chi connectivity index (χ3v) is 3.04. The van der Waals surface area contributed by atoms with E-state index in [1.54, 1.807) is 4.68 Å². The summed E-state index contributed by atoms with van der Waals surface area (Å²) in [5, 5.41) is 5.01. The van der Waals surface area contributed by atoms with Gasteiger partial charge in [0.05, 0.1) is 16.4 Å². The number of halogens is 1. The molecule has 4 nitrogen and oxygen atoms in total. The van der Waals surface area contributed by atoms with E-state index >= 15 is 0 Å². The van der Waals surface area contributed by atoms with Crippen LogP contribution in [0.5, 0.6) is 0 Å². The van der Waals surface area contributed by atoms with Gasteiger partial charge in [0.15, 0.2) is 0 Å². The Labute approximate surface area is 107 Å². The number of aromatic nitrogens is 2. The number of carbonyl (C=O) groups is 1. The molecule has 0 spiro atoms. The Morgan fingerprint density at radius 2 is 2.18 bits per heavy atom. The summed E-state index contributed by atoms with van der Waals surface area (Å²) in [7, 11) is 0. The minimum atomic E-state index is -0.107. The Hall–Kier alpha value is -0.870. The van der Waals surface area contributed by atoms with Crippen LogP contribution in [0.1, 0.15) is 38.6 Å². The van der Waals surface area contributed by atoms with Crippen LogP contribution in [0.15, 0.2) is 0 Å². The predicted molar refractivity (Wildman–Crippen MR) is 69.3 cm³/mol. The maximum Gasteiger partial charge on any atom is 0.140 e. The molecule has 0 saturated carbocycles. The van der Waals surface area contributed by atoms with Crippen LogP contribution >= 0.6 is 11.6 Å². The lowest BCUT2D eigenvalue weighted by Crippen LogP contribution is -2.21. The van der Waals surface area contributed by atoms with Gasteiger partial charge in [0, 0.05) is 25.4 Å². The molecule has 1 heterocycles. The van der Waals surface area contributed by atoms with Gasteiger partial charge < -0.3 is 5.73 Å². The van der Waals surface area contributed by atoms with Gasteiger partial charge in [-0.15, -0.1) is 0 Å². The zero-order valence-electron chi connectivity index (χ0n) is 10.7. The molecular formula is C12H20ClN3O. The van der Waals surface area contributed by atoms with Gasteiger partial charge in [0.1, 0.15) is 5.78 Å². The monoisotopic (exact) mass is 257 g/mol. The van der Waals surface area contributed by atoms with Gasteiger partial charge in [-0.25, -0.2) is 0 Å². The van der Waals surface area contributed by atoms with Crippen LogP contribution < -0.4 is 5.73 Å². The Kier molecular flexibility index (Phi) is 5.15. The number of ketones is 1. The van der Waals surface area contributed by atoms with E-state index in [-0.39, 0.29) is 11.8 Å². The molecule has 1 unspecified atom stereocenters. The number of hydrogen-bond acceptors (Lipinski definition) is 3. The molecule has 17 heavy (non-hydrogen) atoms. The van der Waals surface area contributed by atoms with Crippen LogP contribution in [0.25, 0.3) is 0 Å². The van der Waals surface area contributed by atoms with Crippen molar-refractivity contribution in [2.45, 2.75) is 52.6 Å². The smallest absolute Gasteiger partial charge is 0.140 e. The molecule has 1 aromatic heterocycles. The summed E-state index contributed by atoms with van der Waals surface area (Å²) in [5.41, 5.74) is 7.29. The Bertz CT molecular complexity index is 399. The van der Waals surface area contributed by atoms with Crippen molar-refractivity contribution in [1.82, 2.24) is 9.78 Å². The number of carbonyl (C=O) groups excluding carboxylic acids is 1. The van der Waals surface area contributed by atoms with Gasteiger partial charge in [0.2, 0.25) is 0 Å². The second-order valence-electron chi connectivity index (χ2n) is 4.27. The Morgan fingerprint density at radius 3 is 2.65 bits per heavy atom. The number of aryl methyl sites for hydroxylation is 2. The first kappa shape index (κ1) is 14.2. The highest BCUT2D eigenvalue weighted by molar-refractivity contribution is 6.32. The first-order valence-corrected chi connectivity index (χ1v) is 6.38. The Balaban J connectivity index is 2.89. The van der Waals surface area contributed by atoms with Crippen LogP contribution in [0, 0.1) is 0 Å². The first-order chi connectivity index (χ1) is 7.99. The van der Waals surface area contributed by atoms with Crippen molar-refractivity contribution < 1.29 is 4.79 Å². The van der Waals surface area contributed by atoms with Crippen LogP contribution in [-0.4, -0.2) is 21.6 Å². The number of hydrogen-bond donors (Lipinski definition) is 1. The molecule has 96 valence electrons. The summed E-state index contributed by atoms with van der Waals surface area (Å²) >= 11 is 6.22. The van der Waals surface area contributed by atoms with E-state index in [1.807, 2.05) is 20.8 Å². The van der Waals surface area contributed by atoms with Crippen molar-refractivity contribution in [1.29, 1.82) is 0 Å². The zero-order valence-corrected chi connectivity index (χ0v) is 11.4. The normalized spacial score (nSPS) is 12.8. The van der Waals surface area contributed by atoms with Crippen LogP contribution in [-0.2, 0) is 24.2 Å². The highest BCUT2D eigenvalue weighted by atomic mass is 35.5. The summed E-state index contributed by atoms with van der Waals surface area (Å²) in [6.07, 6.45) is 1.48. The number of nitrogens with zero attached hydrogens (tertiary/aromatic N) is 2. The molecule has 5 heteroatoms. The van der Waals surface area contributed by atoms with E-state index in [0.717, 1.165) is 24.4 Å². The second kappa shape index (κ2) is 6.17. The second-order valence-corrected chi connectivity index (χ2v) is 4.65. The Morgan fingerprint density at radius 1 is 1.53 bits per heavy atom. The van der Waals surface area contributed by atoms with Gasteiger partial charge >= 0.3 is 0 Å². The van der Waals surface area contributed by atoms with E-state index in [1.165, 1.54) is 0 Å². The molecule has 0 amide bonds.